The van der Waals surface area contributed by atoms with E-state index in [9.17, 15) is 0 Å². The number of allylic oxidation sites excluding steroid dienone is 1. The summed E-state index contributed by atoms with van der Waals surface area (Å²) in [5.74, 6) is 1.27. The van der Waals surface area contributed by atoms with Gasteiger partial charge in [-0.25, -0.2) is 0 Å². The first kappa shape index (κ1) is 13.2. The quantitative estimate of drug-likeness (QED) is 0.892. The van der Waals surface area contributed by atoms with Crippen LogP contribution < -0.4 is 10.1 Å². The molecule has 0 aliphatic heterocycles. The SMILES string of the molecule is C/C=C/c1ccccc1Oc1ccc(CNC)nn1. The summed E-state index contributed by atoms with van der Waals surface area (Å²) >= 11 is 0. The fraction of sp³-hybridized carbons (Fsp3) is 0.200. The fourth-order valence-corrected chi connectivity index (χ4v) is 1.68. The van der Waals surface area contributed by atoms with Gasteiger partial charge in [0.2, 0.25) is 5.88 Å². The highest BCUT2D eigenvalue weighted by molar-refractivity contribution is 5.57. The largest absolute Gasteiger partial charge is 0.437 e. The molecule has 0 saturated heterocycles. The van der Waals surface area contributed by atoms with Crippen molar-refractivity contribution in [3.63, 3.8) is 0 Å². The van der Waals surface area contributed by atoms with E-state index in [0.717, 1.165) is 17.0 Å². The van der Waals surface area contributed by atoms with Gasteiger partial charge in [-0.15, -0.1) is 5.10 Å². The van der Waals surface area contributed by atoms with E-state index in [-0.39, 0.29) is 0 Å². The zero-order chi connectivity index (χ0) is 13.5. The van der Waals surface area contributed by atoms with Crippen LogP contribution in [-0.4, -0.2) is 17.2 Å². The minimum Gasteiger partial charge on any atom is -0.437 e. The summed E-state index contributed by atoms with van der Waals surface area (Å²) in [6.45, 7) is 2.67. The molecule has 1 aromatic heterocycles. The minimum absolute atomic E-state index is 0.497. The molecule has 0 spiro atoms. The molecule has 0 aliphatic carbocycles. The highest BCUT2D eigenvalue weighted by Crippen LogP contribution is 2.24. The average Bonchev–Trinajstić information content (AvgIpc) is 2.44. The maximum absolute atomic E-state index is 5.75. The second kappa shape index (κ2) is 6.66. The van der Waals surface area contributed by atoms with Crippen molar-refractivity contribution >= 4 is 6.08 Å². The maximum Gasteiger partial charge on any atom is 0.238 e. The van der Waals surface area contributed by atoms with Crippen LogP contribution in [0.3, 0.4) is 0 Å². The molecule has 2 rings (SSSR count). The van der Waals surface area contributed by atoms with Crippen LogP contribution >= 0.6 is 0 Å². The number of nitrogens with one attached hydrogen (secondary N) is 1. The van der Waals surface area contributed by atoms with Crippen molar-refractivity contribution in [3.8, 4) is 11.6 Å². The Labute approximate surface area is 113 Å². The Kier molecular flexibility index (Phi) is 4.64. The molecule has 0 bridgehead atoms. The van der Waals surface area contributed by atoms with Crippen molar-refractivity contribution in [1.82, 2.24) is 15.5 Å². The molecule has 2 aromatic rings. The Morgan fingerprint density at radius 2 is 2.00 bits per heavy atom. The number of hydrogen-bond acceptors (Lipinski definition) is 4. The van der Waals surface area contributed by atoms with E-state index in [1.54, 1.807) is 0 Å². The van der Waals surface area contributed by atoms with Gasteiger partial charge in [-0.3, -0.25) is 0 Å². The van der Waals surface area contributed by atoms with Crippen LogP contribution in [0.1, 0.15) is 18.2 Å². The Bertz CT molecular complexity index is 550. The number of ether oxygens (including phenoxy) is 1. The predicted octanol–water partition coefficient (Wildman–Crippen LogP) is 3.02. The molecule has 0 atom stereocenters. The standard InChI is InChI=1S/C15H17N3O/c1-3-6-12-7-4-5-8-14(12)19-15-10-9-13(11-16-2)17-18-15/h3-10,16H,11H2,1-2H3/b6-3+. The van der Waals surface area contributed by atoms with Gasteiger partial charge in [0.25, 0.3) is 0 Å². The summed E-state index contributed by atoms with van der Waals surface area (Å²) in [6, 6.07) is 11.6. The minimum atomic E-state index is 0.497. The van der Waals surface area contributed by atoms with Gasteiger partial charge in [-0.05, 0) is 26.1 Å². The van der Waals surface area contributed by atoms with Crippen LogP contribution in [0.15, 0.2) is 42.5 Å². The molecular weight excluding hydrogens is 238 g/mol. The molecule has 0 amide bonds. The van der Waals surface area contributed by atoms with Gasteiger partial charge in [0.05, 0.1) is 5.69 Å². The first-order valence-corrected chi connectivity index (χ1v) is 6.20. The Morgan fingerprint density at radius 3 is 2.68 bits per heavy atom. The molecule has 1 N–H and O–H groups in total. The molecule has 1 aromatic carbocycles. The first-order chi connectivity index (χ1) is 9.33. The molecule has 98 valence electrons. The van der Waals surface area contributed by atoms with E-state index in [0.29, 0.717) is 12.4 Å². The monoisotopic (exact) mass is 255 g/mol. The van der Waals surface area contributed by atoms with Gasteiger partial charge in [0, 0.05) is 18.2 Å². The van der Waals surface area contributed by atoms with Crippen molar-refractivity contribution in [2.24, 2.45) is 0 Å². The van der Waals surface area contributed by atoms with E-state index in [1.807, 2.05) is 62.5 Å². The Hall–Kier alpha value is -2.20. The molecule has 0 aliphatic rings. The highest BCUT2D eigenvalue weighted by Gasteiger charge is 2.03. The summed E-state index contributed by atoms with van der Waals surface area (Å²) < 4.78 is 5.75. The van der Waals surface area contributed by atoms with Gasteiger partial charge < -0.3 is 10.1 Å². The highest BCUT2D eigenvalue weighted by atomic mass is 16.5. The lowest BCUT2D eigenvalue weighted by molar-refractivity contribution is 0.452. The van der Waals surface area contributed by atoms with Gasteiger partial charge in [0.1, 0.15) is 5.75 Å². The van der Waals surface area contributed by atoms with Gasteiger partial charge in [-0.2, -0.15) is 5.10 Å². The third kappa shape index (κ3) is 3.63. The Morgan fingerprint density at radius 1 is 1.16 bits per heavy atom. The number of rotatable bonds is 5. The predicted molar refractivity (Wildman–Crippen MR) is 76.0 cm³/mol. The molecule has 0 unspecified atom stereocenters. The lowest BCUT2D eigenvalue weighted by atomic mass is 10.2. The number of hydrogen-bond donors (Lipinski definition) is 1. The second-order valence-electron chi connectivity index (χ2n) is 4.03. The second-order valence-corrected chi connectivity index (χ2v) is 4.03. The molecule has 0 fully saturated rings. The van der Waals surface area contributed by atoms with Crippen LogP contribution in [0.5, 0.6) is 11.6 Å². The number of nitrogens with zero attached hydrogens (tertiary/aromatic N) is 2. The van der Waals surface area contributed by atoms with Gasteiger partial charge in [0.15, 0.2) is 0 Å². The lowest BCUT2D eigenvalue weighted by Gasteiger charge is -2.07. The van der Waals surface area contributed by atoms with E-state index in [2.05, 4.69) is 15.5 Å². The van der Waals surface area contributed by atoms with Crippen LogP contribution in [0, 0.1) is 0 Å². The van der Waals surface area contributed by atoms with Gasteiger partial charge >= 0.3 is 0 Å². The van der Waals surface area contributed by atoms with Crippen LogP contribution in [0.4, 0.5) is 0 Å². The molecule has 0 radical (unpaired) electrons. The van der Waals surface area contributed by atoms with Crippen LogP contribution in [0.2, 0.25) is 0 Å². The molecule has 4 nitrogen and oxygen atoms in total. The first-order valence-electron chi connectivity index (χ1n) is 6.20. The average molecular weight is 255 g/mol. The molecule has 19 heavy (non-hydrogen) atoms. The zero-order valence-corrected chi connectivity index (χ0v) is 11.1. The van der Waals surface area contributed by atoms with Gasteiger partial charge in [-0.1, -0.05) is 30.4 Å². The maximum atomic E-state index is 5.75. The lowest BCUT2D eigenvalue weighted by Crippen LogP contribution is -2.07. The van der Waals surface area contributed by atoms with Crippen molar-refractivity contribution in [1.29, 1.82) is 0 Å². The topological polar surface area (TPSA) is 47.0 Å². The van der Waals surface area contributed by atoms with Crippen LogP contribution in [0.25, 0.3) is 6.08 Å². The summed E-state index contributed by atoms with van der Waals surface area (Å²) in [6.07, 6.45) is 3.97. The number of benzene rings is 1. The third-order valence-electron chi connectivity index (χ3n) is 2.53. The van der Waals surface area contributed by atoms with Crippen molar-refractivity contribution in [2.75, 3.05) is 7.05 Å². The zero-order valence-electron chi connectivity index (χ0n) is 11.1. The van der Waals surface area contributed by atoms with Crippen molar-refractivity contribution < 1.29 is 4.74 Å². The summed E-state index contributed by atoms with van der Waals surface area (Å²) in [5.41, 5.74) is 1.91. The van der Waals surface area contributed by atoms with E-state index in [4.69, 9.17) is 4.74 Å². The van der Waals surface area contributed by atoms with Crippen molar-refractivity contribution in [2.45, 2.75) is 13.5 Å². The molecule has 1 heterocycles. The van der Waals surface area contributed by atoms with Crippen LogP contribution in [-0.2, 0) is 6.54 Å². The Balaban J connectivity index is 2.16. The smallest absolute Gasteiger partial charge is 0.238 e. The summed E-state index contributed by atoms with van der Waals surface area (Å²) in [7, 11) is 1.87. The summed E-state index contributed by atoms with van der Waals surface area (Å²) in [5, 5.41) is 11.2. The molecular formula is C15H17N3O. The normalized spacial score (nSPS) is 10.8. The fourth-order valence-electron chi connectivity index (χ4n) is 1.68. The molecule has 0 saturated carbocycles. The molecule has 4 heteroatoms. The van der Waals surface area contributed by atoms with E-state index < -0.39 is 0 Å². The summed E-state index contributed by atoms with van der Waals surface area (Å²) in [4.78, 5) is 0. The third-order valence-corrected chi connectivity index (χ3v) is 2.53. The number of aromatic nitrogens is 2. The van der Waals surface area contributed by atoms with E-state index >= 15 is 0 Å². The number of para-hydroxylation sites is 1. The van der Waals surface area contributed by atoms with E-state index in [1.165, 1.54) is 0 Å². The van der Waals surface area contributed by atoms with Crippen molar-refractivity contribution in [3.05, 3.63) is 53.7 Å².